The van der Waals surface area contributed by atoms with Gasteiger partial charge in [0.1, 0.15) is 0 Å². The molecule has 0 N–H and O–H groups in total. The zero-order valence-corrected chi connectivity index (χ0v) is 15.8. The Morgan fingerprint density at radius 3 is 1.23 bits per heavy atom. The molecule has 0 amide bonds. The van der Waals surface area contributed by atoms with Crippen molar-refractivity contribution < 1.29 is 28.7 Å². The number of Topliss-reactive ketones (excluding diaryl/α,β-unsaturated/α-hetero) is 4. The fraction of sp³-hybridized carbons (Fsp3) is 0.400. The molecule has 0 heterocycles. The first-order valence-corrected chi connectivity index (χ1v) is 8.11. The van der Waals surface area contributed by atoms with Gasteiger partial charge in [-0.05, 0) is 39.8 Å². The van der Waals surface area contributed by atoms with Crippen LogP contribution in [0.5, 0.6) is 0 Å². The van der Waals surface area contributed by atoms with E-state index in [-0.39, 0.29) is 34.2 Å². The Balaban J connectivity index is 2.56. The molecule has 0 unspecified atom stereocenters. The van der Waals surface area contributed by atoms with E-state index in [1.807, 2.05) is 0 Å². The maximum absolute atomic E-state index is 12.6. The molecule has 0 atom stereocenters. The minimum absolute atomic E-state index is 0.0813. The third kappa shape index (κ3) is 2.96. The number of ketones is 4. The van der Waals surface area contributed by atoms with Gasteiger partial charge in [0.2, 0.25) is 11.6 Å². The molecular formula is C20H22O6. The predicted octanol–water partition coefficient (Wildman–Crippen LogP) is 2.26. The summed E-state index contributed by atoms with van der Waals surface area (Å²) in [5, 5.41) is 0. The molecule has 0 saturated carbocycles. The molecule has 0 aromatic rings. The van der Waals surface area contributed by atoms with Crippen molar-refractivity contribution in [3.8, 4) is 0 Å². The first-order chi connectivity index (χ1) is 12.0. The van der Waals surface area contributed by atoms with Gasteiger partial charge in [-0.1, -0.05) is 12.2 Å². The van der Waals surface area contributed by atoms with Crippen molar-refractivity contribution in [1.29, 1.82) is 0 Å². The van der Waals surface area contributed by atoms with Gasteiger partial charge < -0.3 is 9.47 Å². The maximum Gasteiger partial charge on any atom is 0.210 e. The molecule has 0 saturated heterocycles. The van der Waals surface area contributed by atoms with Crippen LogP contribution in [0.25, 0.3) is 0 Å². The SMILES string of the molecule is COC1=C/C(=C/C=C2/C=C(OC)C(=O)C(C)(C)C2=O)C(=O)C(C)(C)C1=O. The second kappa shape index (κ2) is 6.52. The highest BCUT2D eigenvalue weighted by Gasteiger charge is 2.44. The van der Waals surface area contributed by atoms with E-state index in [2.05, 4.69) is 0 Å². The monoisotopic (exact) mass is 358 g/mol. The van der Waals surface area contributed by atoms with Gasteiger partial charge in [0.15, 0.2) is 23.1 Å². The van der Waals surface area contributed by atoms with Crippen LogP contribution in [0.1, 0.15) is 27.7 Å². The van der Waals surface area contributed by atoms with E-state index < -0.39 is 22.4 Å². The lowest BCUT2D eigenvalue weighted by atomic mass is 9.74. The van der Waals surface area contributed by atoms with E-state index in [1.54, 1.807) is 0 Å². The second-order valence-electron chi connectivity index (χ2n) is 7.24. The van der Waals surface area contributed by atoms with Crippen LogP contribution in [-0.4, -0.2) is 37.4 Å². The highest BCUT2D eigenvalue weighted by Crippen LogP contribution is 2.34. The summed E-state index contributed by atoms with van der Waals surface area (Å²) in [7, 11) is 2.72. The molecule has 0 aliphatic heterocycles. The van der Waals surface area contributed by atoms with Crippen LogP contribution in [0.3, 0.4) is 0 Å². The average Bonchev–Trinajstić information content (AvgIpc) is 2.59. The molecule has 2 aliphatic rings. The number of carbonyl (C=O) groups is 4. The summed E-state index contributed by atoms with van der Waals surface area (Å²) in [6.45, 7) is 6.12. The Hall–Kier alpha value is -2.76. The lowest BCUT2D eigenvalue weighted by molar-refractivity contribution is -0.138. The number of hydrogen-bond acceptors (Lipinski definition) is 6. The van der Waals surface area contributed by atoms with Crippen molar-refractivity contribution in [3.63, 3.8) is 0 Å². The van der Waals surface area contributed by atoms with Crippen LogP contribution in [0.4, 0.5) is 0 Å². The summed E-state index contributed by atoms with van der Waals surface area (Å²) in [4.78, 5) is 49.6. The Morgan fingerprint density at radius 1 is 0.654 bits per heavy atom. The Morgan fingerprint density at radius 2 is 0.962 bits per heavy atom. The number of methoxy groups -OCH3 is 2. The van der Waals surface area contributed by atoms with Gasteiger partial charge in [-0.2, -0.15) is 0 Å². The van der Waals surface area contributed by atoms with E-state index in [4.69, 9.17) is 9.47 Å². The number of carbonyl (C=O) groups excluding carboxylic acids is 4. The van der Waals surface area contributed by atoms with Crippen molar-refractivity contribution >= 4 is 23.1 Å². The predicted molar refractivity (Wildman–Crippen MR) is 93.9 cm³/mol. The topological polar surface area (TPSA) is 86.7 Å². The largest absolute Gasteiger partial charge is 0.493 e. The quantitative estimate of drug-likeness (QED) is 0.568. The third-order valence-corrected chi connectivity index (χ3v) is 4.70. The fourth-order valence-electron chi connectivity index (χ4n) is 2.82. The van der Waals surface area contributed by atoms with Crippen LogP contribution in [0.15, 0.2) is 47.0 Å². The number of hydrogen-bond donors (Lipinski definition) is 0. The number of allylic oxidation sites excluding steroid dienone is 8. The molecule has 0 aromatic carbocycles. The van der Waals surface area contributed by atoms with Crippen LogP contribution < -0.4 is 0 Å². The standard InChI is InChI=1S/C20H22O6/c1-19(2)15(21)11(9-13(25-5)17(19)23)7-8-12-10-14(26-6)18(24)20(3,4)16(12)22/h7-10H,1-6H3/b11-7-,12-8-. The Labute approximate surface area is 152 Å². The van der Waals surface area contributed by atoms with E-state index in [1.165, 1.54) is 66.2 Å². The van der Waals surface area contributed by atoms with E-state index in [9.17, 15) is 19.2 Å². The van der Waals surface area contributed by atoms with Crippen molar-refractivity contribution in [2.75, 3.05) is 14.2 Å². The third-order valence-electron chi connectivity index (χ3n) is 4.70. The zero-order valence-electron chi connectivity index (χ0n) is 15.8. The zero-order chi connectivity index (χ0) is 19.9. The molecule has 2 aliphatic carbocycles. The van der Waals surface area contributed by atoms with E-state index >= 15 is 0 Å². The molecule has 0 spiro atoms. The highest BCUT2D eigenvalue weighted by atomic mass is 16.5. The van der Waals surface area contributed by atoms with Gasteiger partial charge in [0.05, 0.1) is 25.0 Å². The second-order valence-corrected chi connectivity index (χ2v) is 7.24. The molecule has 0 radical (unpaired) electrons. The minimum Gasteiger partial charge on any atom is -0.493 e. The van der Waals surface area contributed by atoms with Crippen molar-refractivity contribution in [3.05, 3.63) is 47.0 Å². The van der Waals surface area contributed by atoms with Gasteiger partial charge in [-0.3, -0.25) is 19.2 Å². The van der Waals surface area contributed by atoms with Crippen molar-refractivity contribution in [2.45, 2.75) is 27.7 Å². The molecule has 0 bridgehead atoms. The molecule has 138 valence electrons. The normalized spacial score (nSPS) is 25.3. The van der Waals surface area contributed by atoms with Crippen LogP contribution in [0.2, 0.25) is 0 Å². The van der Waals surface area contributed by atoms with Crippen molar-refractivity contribution in [1.82, 2.24) is 0 Å². The molecular weight excluding hydrogens is 336 g/mol. The van der Waals surface area contributed by atoms with Crippen LogP contribution in [-0.2, 0) is 28.7 Å². The van der Waals surface area contributed by atoms with Gasteiger partial charge in [-0.25, -0.2) is 0 Å². The van der Waals surface area contributed by atoms with Crippen LogP contribution >= 0.6 is 0 Å². The lowest BCUT2D eigenvalue weighted by Crippen LogP contribution is -2.39. The summed E-state index contributed by atoms with van der Waals surface area (Å²) in [6, 6.07) is 0. The van der Waals surface area contributed by atoms with Gasteiger partial charge in [0.25, 0.3) is 0 Å². The van der Waals surface area contributed by atoms with Gasteiger partial charge in [0, 0.05) is 11.1 Å². The number of ether oxygens (including phenoxy) is 2. The Bertz CT molecular complexity index is 760. The average molecular weight is 358 g/mol. The molecule has 0 aromatic heterocycles. The first kappa shape index (κ1) is 19.6. The molecule has 2 rings (SSSR count). The number of rotatable bonds is 3. The molecule has 6 nitrogen and oxygen atoms in total. The summed E-state index contributed by atoms with van der Waals surface area (Å²) < 4.78 is 10.1. The highest BCUT2D eigenvalue weighted by molar-refractivity contribution is 6.24. The van der Waals surface area contributed by atoms with E-state index in [0.29, 0.717) is 0 Å². The molecule has 26 heavy (non-hydrogen) atoms. The van der Waals surface area contributed by atoms with E-state index in [0.717, 1.165) is 0 Å². The van der Waals surface area contributed by atoms with Crippen LogP contribution in [0, 0.1) is 10.8 Å². The lowest BCUT2D eigenvalue weighted by Gasteiger charge is -2.28. The maximum atomic E-state index is 12.6. The summed E-state index contributed by atoms with van der Waals surface area (Å²) in [5.74, 6) is -1.35. The molecule has 0 fully saturated rings. The molecule has 6 heteroatoms. The first-order valence-electron chi connectivity index (χ1n) is 8.11. The van der Waals surface area contributed by atoms with Gasteiger partial charge >= 0.3 is 0 Å². The minimum atomic E-state index is -1.25. The summed E-state index contributed by atoms with van der Waals surface area (Å²) in [5.41, 5.74) is -2.00. The fourth-order valence-corrected chi connectivity index (χ4v) is 2.82. The Kier molecular flexibility index (Phi) is 4.90. The summed E-state index contributed by atoms with van der Waals surface area (Å²) in [6.07, 6.45) is 5.63. The summed E-state index contributed by atoms with van der Waals surface area (Å²) >= 11 is 0. The smallest absolute Gasteiger partial charge is 0.210 e. The van der Waals surface area contributed by atoms with Gasteiger partial charge in [-0.15, -0.1) is 0 Å². The van der Waals surface area contributed by atoms with Crippen molar-refractivity contribution in [2.24, 2.45) is 10.8 Å².